The van der Waals surface area contributed by atoms with Gasteiger partial charge in [0.2, 0.25) is 0 Å². The summed E-state index contributed by atoms with van der Waals surface area (Å²) in [6.45, 7) is 6.23. The van der Waals surface area contributed by atoms with E-state index in [0.717, 1.165) is 41.2 Å². The van der Waals surface area contributed by atoms with Crippen LogP contribution >= 0.6 is 0 Å². The van der Waals surface area contributed by atoms with Gasteiger partial charge in [0.1, 0.15) is 11.6 Å². The summed E-state index contributed by atoms with van der Waals surface area (Å²) in [4.78, 5) is 6.75. The number of pyridine rings is 1. The van der Waals surface area contributed by atoms with Crippen LogP contribution in [0.4, 0.5) is 5.82 Å². The Morgan fingerprint density at radius 2 is 2.00 bits per heavy atom. The van der Waals surface area contributed by atoms with Crippen molar-refractivity contribution >= 4 is 16.7 Å². The third kappa shape index (κ3) is 2.63. The second-order valence-electron chi connectivity index (χ2n) is 6.16. The van der Waals surface area contributed by atoms with Gasteiger partial charge >= 0.3 is 0 Å². The summed E-state index contributed by atoms with van der Waals surface area (Å²) in [7, 11) is 0. The fraction of sp³-hybridized carbons (Fsp3) is 0.333. The highest BCUT2D eigenvalue weighted by Crippen LogP contribution is 2.26. The number of nitrogens with zero attached hydrogens (tertiary/aromatic N) is 4. The standard InChI is InChI=1S/C18H20N4O/c1-13(2)23-16-5-4-14-12-20-22(17(14)11-16)15-6-7-19-18(10-15)21-8-3-9-21/h4-7,10-13H,3,8-9H2,1-2H3. The van der Waals surface area contributed by atoms with Crippen LogP contribution in [-0.2, 0) is 0 Å². The number of hydrogen-bond donors (Lipinski definition) is 0. The molecule has 0 unspecified atom stereocenters. The summed E-state index contributed by atoms with van der Waals surface area (Å²) >= 11 is 0. The molecule has 3 aromatic rings. The molecule has 0 N–H and O–H groups in total. The molecule has 0 bridgehead atoms. The van der Waals surface area contributed by atoms with Gasteiger partial charge in [-0.2, -0.15) is 5.10 Å². The maximum atomic E-state index is 5.81. The van der Waals surface area contributed by atoms with E-state index >= 15 is 0 Å². The largest absolute Gasteiger partial charge is 0.491 e. The van der Waals surface area contributed by atoms with Crippen molar-refractivity contribution in [3.63, 3.8) is 0 Å². The number of hydrogen-bond acceptors (Lipinski definition) is 4. The van der Waals surface area contributed by atoms with Crippen molar-refractivity contribution in [2.75, 3.05) is 18.0 Å². The number of ether oxygens (including phenoxy) is 1. The first-order valence-electron chi connectivity index (χ1n) is 8.06. The lowest BCUT2D eigenvalue weighted by Crippen LogP contribution is -2.37. The zero-order chi connectivity index (χ0) is 15.8. The van der Waals surface area contributed by atoms with Crippen molar-refractivity contribution in [1.29, 1.82) is 0 Å². The molecule has 4 rings (SSSR count). The van der Waals surface area contributed by atoms with Crippen LogP contribution in [-0.4, -0.2) is 34.0 Å². The maximum absolute atomic E-state index is 5.81. The van der Waals surface area contributed by atoms with Crippen LogP contribution in [0, 0.1) is 0 Å². The van der Waals surface area contributed by atoms with Gasteiger partial charge in [-0.05, 0) is 38.5 Å². The molecule has 1 aliphatic heterocycles. The van der Waals surface area contributed by atoms with Crippen molar-refractivity contribution in [1.82, 2.24) is 14.8 Å². The summed E-state index contributed by atoms with van der Waals surface area (Å²) in [5.41, 5.74) is 2.07. The van der Waals surface area contributed by atoms with Gasteiger partial charge in [-0.15, -0.1) is 0 Å². The molecule has 5 heteroatoms. The monoisotopic (exact) mass is 308 g/mol. The Bertz CT molecular complexity index is 836. The molecule has 23 heavy (non-hydrogen) atoms. The normalized spacial score (nSPS) is 14.3. The summed E-state index contributed by atoms with van der Waals surface area (Å²) in [5.74, 6) is 1.89. The average Bonchev–Trinajstić information content (AvgIpc) is 2.88. The van der Waals surface area contributed by atoms with E-state index in [9.17, 15) is 0 Å². The Morgan fingerprint density at radius 1 is 1.13 bits per heavy atom. The lowest BCUT2D eigenvalue weighted by atomic mass is 10.2. The maximum Gasteiger partial charge on any atom is 0.130 e. The molecule has 1 aromatic carbocycles. The molecule has 0 spiro atoms. The fourth-order valence-corrected chi connectivity index (χ4v) is 2.81. The third-order valence-corrected chi connectivity index (χ3v) is 4.07. The quantitative estimate of drug-likeness (QED) is 0.741. The minimum Gasteiger partial charge on any atom is -0.491 e. The zero-order valence-corrected chi connectivity index (χ0v) is 13.4. The molecule has 3 heterocycles. The van der Waals surface area contributed by atoms with E-state index in [2.05, 4.69) is 21.0 Å². The molecular formula is C18H20N4O. The highest BCUT2D eigenvalue weighted by Gasteiger charge is 2.16. The minimum absolute atomic E-state index is 0.155. The lowest BCUT2D eigenvalue weighted by Gasteiger charge is -2.32. The van der Waals surface area contributed by atoms with Crippen molar-refractivity contribution in [3.05, 3.63) is 42.7 Å². The molecule has 0 amide bonds. The molecule has 1 saturated heterocycles. The Balaban J connectivity index is 1.75. The molecule has 0 atom stereocenters. The Hall–Kier alpha value is -2.56. The molecule has 0 saturated carbocycles. The summed E-state index contributed by atoms with van der Waals surface area (Å²) < 4.78 is 7.76. The second-order valence-corrected chi connectivity index (χ2v) is 6.16. The van der Waals surface area contributed by atoms with Crippen molar-refractivity contribution in [2.24, 2.45) is 0 Å². The number of fused-ring (bicyclic) bond motifs is 1. The third-order valence-electron chi connectivity index (χ3n) is 4.07. The van der Waals surface area contributed by atoms with Gasteiger partial charge < -0.3 is 9.64 Å². The predicted octanol–water partition coefficient (Wildman–Crippen LogP) is 3.42. The predicted molar refractivity (Wildman–Crippen MR) is 91.5 cm³/mol. The molecule has 118 valence electrons. The van der Waals surface area contributed by atoms with E-state index in [0.29, 0.717) is 0 Å². The average molecular weight is 308 g/mol. The van der Waals surface area contributed by atoms with Crippen molar-refractivity contribution in [3.8, 4) is 11.4 Å². The Labute approximate surface area is 135 Å². The molecule has 0 aliphatic carbocycles. The number of benzene rings is 1. The lowest BCUT2D eigenvalue weighted by molar-refractivity contribution is 0.242. The van der Waals surface area contributed by atoms with E-state index in [1.165, 1.54) is 6.42 Å². The second kappa shape index (κ2) is 5.57. The minimum atomic E-state index is 0.155. The van der Waals surface area contributed by atoms with Crippen molar-refractivity contribution in [2.45, 2.75) is 26.4 Å². The number of anilines is 1. The van der Waals surface area contributed by atoms with E-state index < -0.39 is 0 Å². The first-order valence-corrected chi connectivity index (χ1v) is 8.06. The summed E-state index contributed by atoms with van der Waals surface area (Å²) in [5, 5.41) is 5.65. The fourth-order valence-electron chi connectivity index (χ4n) is 2.81. The van der Waals surface area contributed by atoms with E-state index in [-0.39, 0.29) is 6.10 Å². The highest BCUT2D eigenvalue weighted by molar-refractivity contribution is 5.81. The first-order chi connectivity index (χ1) is 11.2. The van der Waals surface area contributed by atoms with Crippen LogP contribution in [0.25, 0.3) is 16.6 Å². The molecule has 0 radical (unpaired) electrons. The van der Waals surface area contributed by atoms with Crippen molar-refractivity contribution < 1.29 is 4.74 Å². The van der Waals surface area contributed by atoms with Gasteiger partial charge in [-0.1, -0.05) is 0 Å². The van der Waals surface area contributed by atoms with Gasteiger partial charge in [-0.3, -0.25) is 0 Å². The zero-order valence-electron chi connectivity index (χ0n) is 13.4. The van der Waals surface area contributed by atoms with Gasteiger partial charge in [0.15, 0.2) is 0 Å². The van der Waals surface area contributed by atoms with Crippen LogP contribution in [0.15, 0.2) is 42.7 Å². The van der Waals surface area contributed by atoms with Gasteiger partial charge in [0.05, 0.1) is 23.5 Å². The van der Waals surface area contributed by atoms with Crippen LogP contribution in [0.2, 0.25) is 0 Å². The first kappa shape index (κ1) is 14.1. The van der Waals surface area contributed by atoms with Crippen LogP contribution in [0.3, 0.4) is 0 Å². The van der Waals surface area contributed by atoms with Gasteiger partial charge in [0, 0.05) is 36.8 Å². The summed E-state index contributed by atoms with van der Waals surface area (Å²) in [6, 6.07) is 10.2. The molecule has 1 aliphatic rings. The van der Waals surface area contributed by atoms with E-state index in [4.69, 9.17) is 4.74 Å². The number of aromatic nitrogens is 3. The van der Waals surface area contributed by atoms with E-state index in [1.54, 1.807) is 0 Å². The Morgan fingerprint density at radius 3 is 2.74 bits per heavy atom. The molecule has 2 aromatic heterocycles. The Kier molecular flexibility index (Phi) is 3.41. The molecule has 1 fully saturated rings. The van der Waals surface area contributed by atoms with Crippen LogP contribution < -0.4 is 9.64 Å². The van der Waals surface area contributed by atoms with Gasteiger partial charge in [-0.25, -0.2) is 9.67 Å². The summed E-state index contributed by atoms with van der Waals surface area (Å²) in [6.07, 6.45) is 5.14. The SMILES string of the molecule is CC(C)Oc1ccc2cnn(-c3ccnc(N4CCC4)c3)c2c1. The van der Waals surface area contributed by atoms with E-state index in [1.807, 2.05) is 55.2 Å². The van der Waals surface area contributed by atoms with Crippen LogP contribution in [0.5, 0.6) is 5.75 Å². The topological polar surface area (TPSA) is 43.2 Å². The smallest absolute Gasteiger partial charge is 0.130 e. The number of rotatable bonds is 4. The highest BCUT2D eigenvalue weighted by atomic mass is 16.5. The molecular weight excluding hydrogens is 288 g/mol. The molecule has 5 nitrogen and oxygen atoms in total. The van der Waals surface area contributed by atoms with Gasteiger partial charge in [0.25, 0.3) is 0 Å². The van der Waals surface area contributed by atoms with Crippen LogP contribution in [0.1, 0.15) is 20.3 Å².